The maximum atomic E-state index is 13.5. The Morgan fingerprint density at radius 1 is 1.16 bits per heavy atom. The van der Waals surface area contributed by atoms with Crippen molar-refractivity contribution < 1.29 is 18.7 Å². The first-order valence-electron chi connectivity index (χ1n) is 10.7. The molecule has 2 aromatic rings. The zero-order chi connectivity index (χ0) is 22.8. The molecule has 3 unspecified atom stereocenters. The Bertz CT molecular complexity index is 1090. The Hall–Kier alpha value is -2.87. The maximum Gasteiger partial charge on any atom is 0.258 e. The Kier molecular flexibility index (Phi) is 6.50. The van der Waals surface area contributed by atoms with Gasteiger partial charge in [0.1, 0.15) is 11.6 Å². The zero-order valence-electron chi connectivity index (χ0n) is 17.6. The predicted octanol–water partition coefficient (Wildman–Crippen LogP) is 2.75. The second kappa shape index (κ2) is 9.32. The number of aromatic nitrogens is 1. The van der Waals surface area contributed by atoms with E-state index in [1.807, 2.05) is 6.92 Å². The summed E-state index contributed by atoms with van der Waals surface area (Å²) in [6.07, 6.45) is 4.21. The van der Waals surface area contributed by atoms with Crippen LogP contribution in [0.3, 0.4) is 0 Å². The summed E-state index contributed by atoms with van der Waals surface area (Å²) in [6, 6.07) is 6.87. The molecule has 2 fully saturated rings. The van der Waals surface area contributed by atoms with E-state index >= 15 is 0 Å². The number of aryl methyl sites for hydroxylation is 1. The van der Waals surface area contributed by atoms with Crippen molar-refractivity contribution in [3.63, 3.8) is 0 Å². The quantitative estimate of drug-likeness (QED) is 0.663. The summed E-state index contributed by atoms with van der Waals surface area (Å²) in [5.41, 5.74) is 0.130. The van der Waals surface area contributed by atoms with Crippen LogP contribution < -0.4 is 20.9 Å². The van der Waals surface area contributed by atoms with Crippen molar-refractivity contribution in [2.75, 3.05) is 6.61 Å². The van der Waals surface area contributed by atoms with E-state index in [9.17, 15) is 18.8 Å². The predicted molar refractivity (Wildman–Crippen MR) is 117 cm³/mol. The van der Waals surface area contributed by atoms with Gasteiger partial charge in [0.2, 0.25) is 0 Å². The van der Waals surface area contributed by atoms with Gasteiger partial charge in [0.05, 0.1) is 5.02 Å². The van der Waals surface area contributed by atoms with Crippen LogP contribution in [0.25, 0.3) is 0 Å². The van der Waals surface area contributed by atoms with E-state index in [-0.39, 0.29) is 46.8 Å². The Balaban J connectivity index is 1.31. The molecule has 7 nitrogen and oxygen atoms in total. The summed E-state index contributed by atoms with van der Waals surface area (Å²) in [5.74, 6) is -0.363. The molecule has 0 saturated heterocycles. The number of hydrogen-bond acceptors (Lipinski definition) is 4. The number of carbonyl (C=O) groups is 2. The summed E-state index contributed by atoms with van der Waals surface area (Å²) in [6.45, 7) is 2.18. The largest absolute Gasteiger partial charge is 0.484 e. The van der Waals surface area contributed by atoms with Crippen molar-refractivity contribution in [1.29, 1.82) is 0 Å². The average Bonchev–Trinajstić information content (AvgIpc) is 2.95. The molecule has 0 bridgehead atoms. The van der Waals surface area contributed by atoms with Crippen molar-refractivity contribution in [3.05, 3.63) is 63.3 Å². The van der Waals surface area contributed by atoms with Crippen molar-refractivity contribution in [3.8, 4) is 5.75 Å². The summed E-state index contributed by atoms with van der Waals surface area (Å²) in [7, 11) is 0. The molecule has 9 heteroatoms. The van der Waals surface area contributed by atoms with Gasteiger partial charge in [-0.15, -0.1) is 0 Å². The molecule has 32 heavy (non-hydrogen) atoms. The fraction of sp³-hybridized carbons (Fsp3) is 0.435. The maximum absolute atomic E-state index is 13.5. The Morgan fingerprint density at radius 2 is 1.88 bits per heavy atom. The zero-order valence-corrected chi connectivity index (χ0v) is 18.4. The van der Waals surface area contributed by atoms with Gasteiger partial charge in [0, 0.05) is 42.5 Å². The van der Waals surface area contributed by atoms with Gasteiger partial charge >= 0.3 is 0 Å². The van der Waals surface area contributed by atoms with Gasteiger partial charge in [0.15, 0.2) is 6.61 Å². The number of rotatable bonds is 7. The van der Waals surface area contributed by atoms with Crippen LogP contribution in [0, 0.1) is 17.7 Å². The van der Waals surface area contributed by atoms with Gasteiger partial charge < -0.3 is 19.9 Å². The monoisotopic (exact) mass is 461 g/mol. The lowest BCUT2D eigenvalue weighted by Gasteiger charge is -2.36. The molecule has 0 aliphatic heterocycles. The molecule has 1 heterocycles. The average molecular weight is 462 g/mol. The van der Waals surface area contributed by atoms with Crippen LogP contribution >= 0.6 is 11.6 Å². The number of fused-ring (bicyclic) bond motifs is 1. The highest BCUT2D eigenvalue weighted by atomic mass is 35.5. The van der Waals surface area contributed by atoms with E-state index in [0.717, 1.165) is 18.9 Å². The lowest BCUT2D eigenvalue weighted by Crippen LogP contribution is -2.44. The first-order valence-corrected chi connectivity index (χ1v) is 11.1. The summed E-state index contributed by atoms with van der Waals surface area (Å²) in [5, 5.41) is 6.01. The van der Waals surface area contributed by atoms with Gasteiger partial charge in [-0.2, -0.15) is 0 Å². The minimum Gasteiger partial charge on any atom is -0.484 e. The first-order chi connectivity index (χ1) is 15.4. The minimum atomic E-state index is -0.608. The van der Waals surface area contributed by atoms with Crippen LogP contribution in [-0.4, -0.2) is 35.1 Å². The van der Waals surface area contributed by atoms with Crippen LogP contribution in [0.2, 0.25) is 5.02 Å². The highest BCUT2D eigenvalue weighted by Gasteiger charge is 2.49. The number of pyridine rings is 1. The number of nitrogens with one attached hydrogen (secondary N) is 2. The molecule has 170 valence electrons. The summed E-state index contributed by atoms with van der Waals surface area (Å²) in [4.78, 5) is 37.0. The topological polar surface area (TPSA) is 89.4 Å². The van der Waals surface area contributed by atoms with Crippen LogP contribution in [0.1, 0.15) is 36.5 Å². The van der Waals surface area contributed by atoms with Gasteiger partial charge in [-0.25, -0.2) is 4.39 Å². The molecule has 1 aromatic heterocycles. The van der Waals surface area contributed by atoms with E-state index in [4.69, 9.17) is 16.3 Å². The molecule has 2 aliphatic carbocycles. The van der Waals surface area contributed by atoms with Crippen LogP contribution in [0.5, 0.6) is 5.75 Å². The molecule has 2 aliphatic rings. The van der Waals surface area contributed by atoms with Gasteiger partial charge in [-0.1, -0.05) is 11.6 Å². The SMILES string of the molecule is CCn1ccc(C(=O)NC2C[C@H](NC(=O)COc3ccc(Cl)c(F)c3)C3CCC23)cc1=O. The third kappa shape index (κ3) is 4.65. The van der Waals surface area contributed by atoms with E-state index < -0.39 is 5.82 Å². The molecule has 2 N–H and O–H groups in total. The Morgan fingerprint density at radius 3 is 2.50 bits per heavy atom. The highest BCUT2D eigenvalue weighted by Crippen LogP contribution is 2.47. The van der Waals surface area contributed by atoms with Crippen molar-refractivity contribution in [2.24, 2.45) is 11.8 Å². The highest BCUT2D eigenvalue weighted by molar-refractivity contribution is 6.30. The number of benzene rings is 1. The number of nitrogens with zero attached hydrogens (tertiary/aromatic N) is 1. The van der Waals surface area contributed by atoms with Crippen LogP contribution in [0.15, 0.2) is 41.3 Å². The third-order valence-electron chi connectivity index (χ3n) is 6.45. The number of ether oxygens (including phenoxy) is 1. The molecule has 2 saturated carbocycles. The molecule has 0 radical (unpaired) electrons. The lowest BCUT2D eigenvalue weighted by atomic mass is 9.73. The molecule has 4 rings (SSSR count). The van der Waals surface area contributed by atoms with Crippen LogP contribution in [0.4, 0.5) is 4.39 Å². The van der Waals surface area contributed by atoms with E-state index in [1.165, 1.54) is 22.8 Å². The van der Waals surface area contributed by atoms with Crippen molar-refractivity contribution >= 4 is 23.4 Å². The van der Waals surface area contributed by atoms with E-state index in [2.05, 4.69) is 10.6 Å². The van der Waals surface area contributed by atoms with Gasteiger partial charge in [-0.05, 0) is 56.2 Å². The molecular formula is C23H25ClFN3O4. The second-order valence-corrected chi connectivity index (χ2v) is 8.71. The molecule has 1 aromatic carbocycles. The third-order valence-corrected chi connectivity index (χ3v) is 6.75. The number of amides is 2. The number of halogens is 2. The standard InChI is InChI=1S/C23H25ClFN3O4/c1-2-28-8-7-13(9-22(28)30)23(31)27-20-11-19(15-4-5-16(15)20)26-21(29)12-32-14-3-6-17(24)18(25)10-14/h3,6-10,15-16,19-20H,2,4-5,11-12H2,1H3,(H,26,29)(H,27,31)/t15?,16?,19-,20?/m0/s1. The number of hydrogen-bond donors (Lipinski definition) is 2. The number of carbonyl (C=O) groups excluding carboxylic acids is 2. The van der Waals surface area contributed by atoms with Crippen molar-refractivity contribution in [1.82, 2.24) is 15.2 Å². The Labute approximate surface area is 189 Å². The smallest absolute Gasteiger partial charge is 0.258 e. The van der Waals surface area contributed by atoms with Crippen molar-refractivity contribution in [2.45, 2.75) is 44.8 Å². The van der Waals surface area contributed by atoms with E-state index in [1.54, 1.807) is 12.3 Å². The summed E-state index contributed by atoms with van der Waals surface area (Å²) >= 11 is 5.65. The van der Waals surface area contributed by atoms with Crippen LogP contribution in [-0.2, 0) is 11.3 Å². The van der Waals surface area contributed by atoms with E-state index in [0.29, 0.717) is 30.4 Å². The fourth-order valence-electron chi connectivity index (χ4n) is 4.63. The van der Waals surface area contributed by atoms with Gasteiger partial charge in [-0.3, -0.25) is 14.4 Å². The minimum absolute atomic E-state index is 0.0107. The molecule has 4 atom stereocenters. The molecule has 2 amide bonds. The normalized spacial score (nSPS) is 23.7. The molecule has 0 spiro atoms. The lowest BCUT2D eigenvalue weighted by molar-refractivity contribution is -0.124. The fourth-order valence-corrected chi connectivity index (χ4v) is 4.75. The van der Waals surface area contributed by atoms with Gasteiger partial charge in [0.25, 0.3) is 17.4 Å². The first kappa shape index (κ1) is 22.3. The second-order valence-electron chi connectivity index (χ2n) is 8.30. The summed E-state index contributed by atoms with van der Waals surface area (Å²) < 4.78 is 20.4. The molecular weight excluding hydrogens is 437 g/mol.